The van der Waals surface area contributed by atoms with Gasteiger partial charge in [-0.25, -0.2) is 0 Å². The third-order valence-electron chi connectivity index (χ3n) is 2.81. The molecule has 0 unspecified atom stereocenters. The van der Waals surface area contributed by atoms with Crippen LogP contribution in [0.3, 0.4) is 0 Å². The molecule has 1 aromatic heterocycles. The van der Waals surface area contributed by atoms with E-state index in [1.165, 1.54) is 4.68 Å². The van der Waals surface area contributed by atoms with Gasteiger partial charge >= 0.3 is 0 Å². The van der Waals surface area contributed by atoms with Crippen LogP contribution in [-0.4, -0.2) is 46.1 Å². The molecule has 0 aromatic carbocycles. The molecule has 0 bridgehead atoms. The molecule has 7 heteroatoms. The Morgan fingerprint density at radius 2 is 2.05 bits per heavy atom. The number of aryl methyl sites for hydroxylation is 1. The quantitative estimate of drug-likeness (QED) is 0.758. The molecule has 0 saturated heterocycles. The Kier molecular flexibility index (Phi) is 5.35. The first-order valence-corrected chi connectivity index (χ1v) is 6.34. The van der Waals surface area contributed by atoms with E-state index in [0.29, 0.717) is 18.8 Å². The van der Waals surface area contributed by atoms with Gasteiger partial charge in [0.15, 0.2) is 5.69 Å². The van der Waals surface area contributed by atoms with Gasteiger partial charge in [0.05, 0.1) is 5.69 Å². The van der Waals surface area contributed by atoms with E-state index in [1.54, 1.807) is 18.1 Å². The molecule has 0 fully saturated rings. The second kappa shape index (κ2) is 6.77. The van der Waals surface area contributed by atoms with Crippen LogP contribution in [0.5, 0.6) is 0 Å². The first-order valence-electron chi connectivity index (χ1n) is 6.34. The maximum absolute atomic E-state index is 11.8. The lowest BCUT2D eigenvalue weighted by atomic mass is 10.3. The predicted molar refractivity (Wildman–Crippen MR) is 72.5 cm³/mol. The number of anilines is 1. The van der Waals surface area contributed by atoms with Gasteiger partial charge in [0, 0.05) is 39.3 Å². The van der Waals surface area contributed by atoms with Crippen LogP contribution < -0.4 is 11.1 Å². The predicted octanol–water partition coefficient (Wildman–Crippen LogP) is -0.00940. The number of carbonyl (C=O) groups excluding carboxylic acids is 2. The van der Waals surface area contributed by atoms with E-state index in [-0.39, 0.29) is 30.5 Å². The molecule has 0 aliphatic carbocycles. The third kappa shape index (κ3) is 3.97. The van der Waals surface area contributed by atoms with Crippen LogP contribution in [0.2, 0.25) is 0 Å². The molecule has 0 aliphatic rings. The van der Waals surface area contributed by atoms with Crippen molar-refractivity contribution in [1.29, 1.82) is 0 Å². The molecular formula is C12H21N5O2. The molecule has 19 heavy (non-hydrogen) atoms. The number of nitrogens with two attached hydrogens (primary N) is 1. The van der Waals surface area contributed by atoms with Crippen molar-refractivity contribution in [2.75, 3.05) is 25.4 Å². The Bertz CT molecular complexity index is 451. The summed E-state index contributed by atoms with van der Waals surface area (Å²) in [5.74, 6) is -0.329. The number of nitrogens with one attached hydrogen (secondary N) is 1. The number of amides is 2. The highest BCUT2D eigenvalue weighted by molar-refractivity contribution is 5.97. The summed E-state index contributed by atoms with van der Waals surface area (Å²) in [5, 5.41) is 6.60. The van der Waals surface area contributed by atoms with Crippen molar-refractivity contribution in [2.45, 2.75) is 20.3 Å². The van der Waals surface area contributed by atoms with Crippen LogP contribution in [0.25, 0.3) is 0 Å². The fourth-order valence-electron chi connectivity index (χ4n) is 1.78. The van der Waals surface area contributed by atoms with E-state index in [9.17, 15) is 9.59 Å². The van der Waals surface area contributed by atoms with Gasteiger partial charge in [-0.05, 0) is 13.8 Å². The number of nitrogen functional groups attached to an aromatic ring is 1. The van der Waals surface area contributed by atoms with Crippen molar-refractivity contribution >= 4 is 17.5 Å². The standard InChI is InChI=1S/C12H21N5O2/c1-4-17(5-2)10(18)6-7-14-12(19)11-9(13)8-16(3)15-11/h8H,4-7,13H2,1-3H3,(H,14,19). The first kappa shape index (κ1) is 15.0. The summed E-state index contributed by atoms with van der Waals surface area (Å²) in [4.78, 5) is 25.2. The molecule has 0 radical (unpaired) electrons. The molecule has 1 heterocycles. The molecule has 7 nitrogen and oxygen atoms in total. The van der Waals surface area contributed by atoms with Gasteiger partial charge in [0.2, 0.25) is 5.91 Å². The van der Waals surface area contributed by atoms with Gasteiger partial charge in [0.25, 0.3) is 5.91 Å². The number of rotatable bonds is 6. The average Bonchev–Trinajstić information content (AvgIpc) is 2.70. The monoisotopic (exact) mass is 267 g/mol. The van der Waals surface area contributed by atoms with E-state index in [1.807, 2.05) is 13.8 Å². The van der Waals surface area contributed by atoms with E-state index in [4.69, 9.17) is 5.73 Å². The fourth-order valence-corrected chi connectivity index (χ4v) is 1.78. The van der Waals surface area contributed by atoms with Gasteiger partial charge in [-0.15, -0.1) is 0 Å². The van der Waals surface area contributed by atoms with Crippen molar-refractivity contribution in [1.82, 2.24) is 20.0 Å². The van der Waals surface area contributed by atoms with Crippen molar-refractivity contribution in [2.24, 2.45) is 7.05 Å². The van der Waals surface area contributed by atoms with Gasteiger partial charge < -0.3 is 16.0 Å². The topological polar surface area (TPSA) is 93.2 Å². The largest absolute Gasteiger partial charge is 0.396 e. The molecule has 0 saturated carbocycles. The van der Waals surface area contributed by atoms with Gasteiger partial charge in [-0.1, -0.05) is 0 Å². The summed E-state index contributed by atoms with van der Waals surface area (Å²) in [7, 11) is 1.69. The van der Waals surface area contributed by atoms with Crippen molar-refractivity contribution in [3.63, 3.8) is 0 Å². The lowest BCUT2D eigenvalue weighted by molar-refractivity contribution is -0.130. The molecule has 3 N–H and O–H groups in total. The van der Waals surface area contributed by atoms with E-state index in [2.05, 4.69) is 10.4 Å². The molecular weight excluding hydrogens is 246 g/mol. The van der Waals surface area contributed by atoms with Crippen LogP contribution >= 0.6 is 0 Å². The van der Waals surface area contributed by atoms with Crippen LogP contribution in [0.4, 0.5) is 5.69 Å². The zero-order chi connectivity index (χ0) is 14.4. The van der Waals surface area contributed by atoms with Crippen LogP contribution in [-0.2, 0) is 11.8 Å². The summed E-state index contributed by atoms with van der Waals surface area (Å²) in [6.45, 7) is 5.49. The minimum Gasteiger partial charge on any atom is -0.396 e. The van der Waals surface area contributed by atoms with Gasteiger partial charge in [-0.2, -0.15) is 5.10 Å². The zero-order valence-corrected chi connectivity index (χ0v) is 11.6. The van der Waals surface area contributed by atoms with E-state index < -0.39 is 0 Å². The molecule has 106 valence electrons. The highest BCUT2D eigenvalue weighted by Gasteiger charge is 2.15. The third-order valence-corrected chi connectivity index (χ3v) is 2.81. The first-order chi connectivity index (χ1) is 8.99. The Hall–Kier alpha value is -2.05. The molecule has 1 aromatic rings. The fraction of sp³-hybridized carbons (Fsp3) is 0.583. The summed E-state index contributed by atoms with van der Waals surface area (Å²) in [6, 6.07) is 0. The molecule has 0 aliphatic heterocycles. The lowest BCUT2D eigenvalue weighted by Gasteiger charge is -2.18. The minimum absolute atomic E-state index is 0.0271. The molecule has 2 amide bonds. The number of hydrogen-bond donors (Lipinski definition) is 2. The Balaban J connectivity index is 2.43. The molecule has 1 rings (SSSR count). The SMILES string of the molecule is CCN(CC)C(=O)CCNC(=O)c1nn(C)cc1N. The normalized spacial score (nSPS) is 10.3. The van der Waals surface area contributed by atoms with Crippen LogP contribution in [0, 0.1) is 0 Å². The van der Waals surface area contributed by atoms with Crippen molar-refractivity contribution in [3.05, 3.63) is 11.9 Å². The summed E-state index contributed by atoms with van der Waals surface area (Å²) < 4.78 is 1.48. The van der Waals surface area contributed by atoms with Gasteiger partial charge in [0.1, 0.15) is 0 Å². The lowest BCUT2D eigenvalue weighted by Crippen LogP contribution is -2.34. The maximum atomic E-state index is 11.8. The van der Waals surface area contributed by atoms with Crippen molar-refractivity contribution in [3.8, 4) is 0 Å². The van der Waals surface area contributed by atoms with Crippen LogP contribution in [0.1, 0.15) is 30.8 Å². The van der Waals surface area contributed by atoms with E-state index in [0.717, 1.165) is 0 Å². The zero-order valence-electron chi connectivity index (χ0n) is 11.6. The molecule has 0 spiro atoms. The second-order valence-electron chi connectivity index (χ2n) is 4.18. The Morgan fingerprint density at radius 3 is 2.53 bits per heavy atom. The second-order valence-corrected chi connectivity index (χ2v) is 4.18. The van der Waals surface area contributed by atoms with Gasteiger partial charge in [-0.3, -0.25) is 14.3 Å². The Labute approximate surface area is 112 Å². The summed E-state index contributed by atoms with van der Waals surface area (Å²) >= 11 is 0. The number of hydrogen-bond acceptors (Lipinski definition) is 4. The summed E-state index contributed by atoms with van der Waals surface area (Å²) in [5.41, 5.74) is 6.17. The summed E-state index contributed by atoms with van der Waals surface area (Å²) in [6.07, 6.45) is 1.84. The van der Waals surface area contributed by atoms with E-state index >= 15 is 0 Å². The molecule has 0 atom stereocenters. The maximum Gasteiger partial charge on any atom is 0.273 e. The highest BCUT2D eigenvalue weighted by Crippen LogP contribution is 2.07. The number of carbonyl (C=O) groups is 2. The average molecular weight is 267 g/mol. The Morgan fingerprint density at radius 1 is 1.42 bits per heavy atom. The van der Waals surface area contributed by atoms with Crippen molar-refractivity contribution < 1.29 is 9.59 Å². The van der Waals surface area contributed by atoms with Crippen LogP contribution in [0.15, 0.2) is 6.20 Å². The minimum atomic E-state index is -0.356. The smallest absolute Gasteiger partial charge is 0.273 e. The highest BCUT2D eigenvalue weighted by atomic mass is 16.2. The number of aromatic nitrogens is 2. The number of nitrogens with zero attached hydrogens (tertiary/aromatic N) is 3.